The van der Waals surface area contributed by atoms with Crippen LogP contribution >= 0.6 is 0 Å². The second-order valence-electron chi connectivity index (χ2n) is 3.64. The number of fused-ring (bicyclic) bond motifs is 1. The van der Waals surface area contributed by atoms with Crippen LogP contribution in [0.4, 0.5) is 0 Å². The van der Waals surface area contributed by atoms with Gasteiger partial charge in [0.2, 0.25) is 0 Å². The van der Waals surface area contributed by atoms with E-state index in [1.807, 2.05) is 36.4 Å². The van der Waals surface area contributed by atoms with Crippen LogP contribution < -0.4 is 0 Å². The summed E-state index contributed by atoms with van der Waals surface area (Å²) in [6.07, 6.45) is -0.301. The number of aliphatic carboxylic acids is 1. The number of rotatable bonds is 3. The van der Waals surface area contributed by atoms with Crippen molar-refractivity contribution < 1.29 is 15.1 Å². The Hall–Kier alpha value is -2.36. The van der Waals surface area contributed by atoms with E-state index in [0.29, 0.717) is 5.56 Å². The van der Waals surface area contributed by atoms with Gasteiger partial charge in [-0.15, -0.1) is 0 Å². The Morgan fingerprint density at radius 2 is 1.82 bits per heavy atom. The van der Waals surface area contributed by atoms with Gasteiger partial charge in [-0.3, -0.25) is 4.79 Å². The molecule has 0 bridgehead atoms. The summed E-state index contributed by atoms with van der Waals surface area (Å²) in [5.74, 6) is -1.02. The zero-order valence-electron chi connectivity index (χ0n) is 9.00. The van der Waals surface area contributed by atoms with Crippen molar-refractivity contribution in [3.8, 4) is 0 Å². The second kappa shape index (κ2) is 4.65. The molecule has 2 aromatic carbocycles. The lowest BCUT2D eigenvalue weighted by atomic mass is 9.99. The van der Waals surface area contributed by atoms with Crippen LogP contribution in [0.1, 0.15) is 12.0 Å². The van der Waals surface area contributed by atoms with Gasteiger partial charge in [-0.25, -0.2) is 0 Å². The van der Waals surface area contributed by atoms with E-state index < -0.39 is 5.97 Å². The molecule has 2 N–H and O–H groups in total. The van der Waals surface area contributed by atoms with Gasteiger partial charge in [0.05, 0.1) is 12.1 Å². The third-order valence-electron chi connectivity index (χ3n) is 2.54. The molecule has 4 heteroatoms. The molecule has 0 unspecified atom stereocenters. The van der Waals surface area contributed by atoms with E-state index in [1.165, 1.54) is 0 Å². The third-order valence-corrected chi connectivity index (χ3v) is 2.54. The summed E-state index contributed by atoms with van der Waals surface area (Å²) >= 11 is 0. The fourth-order valence-electron chi connectivity index (χ4n) is 1.80. The monoisotopic (exact) mass is 229 g/mol. The Morgan fingerprint density at radius 1 is 1.12 bits per heavy atom. The molecule has 0 aliphatic rings. The first-order valence-electron chi connectivity index (χ1n) is 5.13. The van der Waals surface area contributed by atoms with Crippen LogP contribution in [0.3, 0.4) is 0 Å². The largest absolute Gasteiger partial charge is 0.481 e. The van der Waals surface area contributed by atoms with Crippen LogP contribution in [0.5, 0.6) is 0 Å². The highest BCUT2D eigenvalue weighted by atomic mass is 16.4. The minimum Gasteiger partial charge on any atom is -0.481 e. The van der Waals surface area contributed by atoms with Crippen molar-refractivity contribution in [2.75, 3.05) is 0 Å². The predicted molar refractivity (Wildman–Crippen MR) is 64.5 cm³/mol. The summed E-state index contributed by atoms with van der Waals surface area (Å²) in [5, 5.41) is 22.6. The van der Waals surface area contributed by atoms with Crippen molar-refractivity contribution in [3.05, 3.63) is 48.0 Å². The van der Waals surface area contributed by atoms with Crippen molar-refractivity contribution in [3.63, 3.8) is 0 Å². The van der Waals surface area contributed by atoms with Crippen LogP contribution in [0, 0.1) is 0 Å². The lowest BCUT2D eigenvalue weighted by Crippen LogP contribution is -2.09. The maximum atomic E-state index is 10.7. The number of benzene rings is 2. The van der Waals surface area contributed by atoms with Crippen LogP contribution in [0.25, 0.3) is 10.8 Å². The average Bonchev–Trinajstić information content (AvgIpc) is 2.35. The Bertz CT molecular complexity index is 585. The molecule has 0 aliphatic carbocycles. The van der Waals surface area contributed by atoms with Crippen molar-refractivity contribution in [1.82, 2.24) is 0 Å². The van der Waals surface area contributed by atoms with Gasteiger partial charge >= 0.3 is 5.97 Å². The van der Waals surface area contributed by atoms with Gasteiger partial charge in [-0.2, -0.15) is 0 Å². The first kappa shape index (κ1) is 11.1. The fraction of sp³-hybridized carbons (Fsp3) is 0.0769. The van der Waals surface area contributed by atoms with Gasteiger partial charge in [0.25, 0.3) is 0 Å². The van der Waals surface area contributed by atoms with Gasteiger partial charge in [-0.1, -0.05) is 47.6 Å². The SMILES string of the molecule is O=C(O)C/C(=N/O)c1cccc2ccccc12. The highest BCUT2D eigenvalue weighted by Crippen LogP contribution is 2.20. The maximum Gasteiger partial charge on any atom is 0.309 e. The molecule has 0 saturated heterocycles. The minimum atomic E-state index is -1.02. The average molecular weight is 229 g/mol. The molecule has 0 spiro atoms. The topological polar surface area (TPSA) is 69.9 Å². The Morgan fingerprint density at radius 3 is 2.53 bits per heavy atom. The molecule has 0 aliphatic heterocycles. The van der Waals surface area contributed by atoms with E-state index >= 15 is 0 Å². The predicted octanol–water partition coefficient (Wildman–Crippen LogP) is 2.49. The number of carbonyl (C=O) groups is 1. The first-order valence-corrected chi connectivity index (χ1v) is 5.13. The highest BCUT2D eigenvalue weighted by molar-refractivity contribution is 6.15. The summed E-state index contributed by atoms with van der Waals surface area (Å²) < 4.78 is 0. The third kappa shape index (κ3) is 2.25. The van der Waals surface area contributed by atoms with Crippen molar-refractivity contribution in [2.45, 2.75) is 6.42 Å². The summed E-state index contributed by atoms with van der Waals surface area (Å²) in [4.78, 5) is 10.7. The molecule has 17 heavy (non-hydrogen) atoms. The number of hydrogen-bond donors (Lipinski definition) is 2. The normalized spacial score (nSPS) is 11.6. The fourth-order valence-corrected chi connectivity index (χ4v) is 1.80. The first-order chi connectivity index (χ1) is 8.22. The zero-order chi connectivity index (χ0) is 12.3. The lowest BCUT2D eigenvalue weighted by molar-refractivity contribution is -0.135. The van der Waals surface area contributed by atoms with E-state index in [1.54, 1.807) is 6.07 Å². The quantitative estimate of drug-likeness (QED) is 0.482. The molecule has 0 heterocycles. The lowest BCUT2D eigenvalue weighted by Gasteiger charge is -2.06. The molecule has 0 radical (unpaired) electrons. The molecule has 0 amide bonds. The van der Waals surface area contributed by atoms with Crippen LogP contribution in [-0.4, -0.2) is 22.0 Å². The zero-order valence-corrected chi connectivity index (χ0v) is 9.00. The number of nitrogens with zero attached hydrogens (tertiary/aromatic N) is 1. The van der Waals surface area contributed by atoms with Crippen molar-refractivity contribution >= 4 is 22.5 Å². The molecule has 0 atom stereocenters. The smallest absolute Gasteiger partial charge is 0.309 e. The molecule has 0 saturated carbocycles. The molecule has 86 valence electrons. The van der Waals surface area contributed by atoms with Gasteiger partial charge in [0, 0.05) is 5.56 Å². The van der Waals surface area contributed by atoms with E-state index in [2.05, 4.69) is 5.16 Å². The van der Waals surface area contributed by atoms with E-state index in [-0.39, 0.29) is 12.1 Å². The Labute approximate surface area is 97.8 Å². The van der Waals surface area contributed by atoms with Gasteiger partial charge in [0.1, 0.15) is 0 Å². The minimum absolute atomic E-state index is 0.161. The Balaban J connectivity index is 2.58. The maximum absolute atomic E-state index is 10.7. The van der Waals surface area contributed by atoms with E-state index in [9.17, 15) is 4.79 Å². The van der Waals surface area contributed by atoms with Crippen molar-refractivity contribution in [2.24, 2.45) is 5.16 Å². The van der Waals surface area contributed by atoms with Gasteiger partial charge in [0.15, 0.2) is 0 Å². The molecule has 2 rings (SSSR count). The number of carboxylic acid groups (broad SMARTS) is 1. The molecular formula is C13H11NO3. The Kier molecular flexibility index (Phi) is 3.05. The van der Waals surface area contributed by atoms with Crippen LogP contribution in [0.2, 0.25) is 0 Å². The summed E-state index contributed by atoms with van der Waals surface area (Å²) in [6.45, 7) is 0. The van der Waals surface area contributed by atoms with Gasteiger partial charge < -0.3 is 10.3 Å². The molecular weight excluding hydrogens is 218 g/mol. The standard InChI is InChI=1S/C13H11NO3/c15-13(16)8-12(14-17)11-7-3-5-9-4-1-2-6-10(9)11/h1-7,17H,8H2,(H,15,16)/b14-12-. The molecule has 2 aromatic rings. The van der Waals surface area contributed by atoms with Crippen molar-refractivity contribution in [1.29, 1.82) is 0 Å². The number of carboxylic acids is 1. The van der Waals surface area contributed by atoms with Gasteiger partial charge in [-0.05, 0) is 10.8 Å². The summed E-state index contributed by atoms with van der Waals surface area (Å²) in [6, 6.07) is 13.0. The summed E-state index contributed by atoms with van der Waals surface area (Å²) in [5.41, 5.74) is 0.808. The summed E-state index contributed by atoms with van der Waals surface area (Å²) in [7, 11) is 0. The molecule has 0 fully saturated rings. The van der Waals surface area contributed by atoms with E-state index in [4.69, 9.17) is 10.3 Å². The number of oxime groups is 1. The van der Waals surface area contributed by atoms with E-state index in [0.717, 1.165) is 10.8 Å². The van der Waals surface area contributed by atoms with Crippen LogP contribution in [0.15, 0.2) is 47.6 Å². The second-order valence-corrected chi connectivity index (χ2v) is 3.64. The van der Waals surface area contributed by atoms with Crippen LogP contribution in [-0.2, 0) is 4.79 Å². The molecule has 0 aromatic heterocycles. The molecule has 4 nitrogen and oxygen atoms in total. The number of hydrogen-bond acceptors (Lipinski definition) is 3. The highest BCUT2D eigenvalue weighted by Gasteiger charge is 2.12.